The van der Waals surface area contributed by atoms with Crippen LogP contribution in [0, 0.1) is 0 Å². The lowest BCUT2D eigenvalue weighted by molar-refractivity contribution is 0.188. The standard InChI is InChI=1S/C16H25N3O/c1-2-8-19-12-14(5-6-16(19)20)17-13-7-10-18-9-3-4-15(18)11-13/h5-6,12-13,15,17H,2-4,7-11H2,1H3. The summed E-state index contributed by atoms with van der Waals surface area (Å²) in [5.74, 6) is 0. The average Bonchev–Trinajstić information content (AvgIpc) is 2.90. The Morgan fingerprint density at radius 2 is 2.20 bits per heavy atom. The quantitative estimate of drug-likeness (QED) is 0.916. The van der Waals surface area contributed by atoms with Crippen molar-refractivity contribution in [2.45, 2.75) is 57.7 Å². The van der Waals surface area contributed by atoms with Crippen LogP contribution in [0.1, 0.15) is 39.0 Å². The van der Waals surface area contributed by atoms with Crippen molar-refractivity contribution in [3.63, 3.8) is 0 Å². The number of fused-ring (bicyclic) bond motifs is 1. The third-order valence-corrected chi connectivity index (χ3v) is 4.64. The fourth-order valence-electron chi connectivity index (χ4n) is 3.62. The molecule has 4 nitrogen and oxygen atoms in total. The largest absolute Gasteiger partial charge is 0.381 e. The van der Waals surface area contributed by atoms with E-state index in [0.29, 0.717) is 6.04 Å². The van der Waals surface area contributed by atoms with Crippen LogP contribution in [-0.2, 0) is 6.54 Å². The van der Waals surface area contributed by atoms with Gasteiger partial charge < -0.3 is 14.8 Å². The molecule has 2 unspecified atom stereocenters. The minimum absolute atomic E-state index is 0.100. The molecule has 3 rings (SSSR count). The molecule has 1 aromatic heterocycles. The third-order valence-electron chi connectivity index (χ3n) is 4.64. The predicted molar refractivity (Wildman–Crippen MR) is 82.2 cm³/mol. The average molecular weight is 275 g/mol. The Balaban J connectivity index is 1.65. The van der Waals surface area contributed by atoms with Crippen LogP contribution in [0.15, 0.2) is 23.1 Å². The summed E-state index contributed by atoms with van der Waals surface area (Å²) in [6.45, 7) is 5.41. The zero-order valence-electron chi connectivity index (χ0n) is 12.3. The molecular formula is C16H25N3O. The van der Waals surface area contributed by atoms with Gasteiger partial charge in [-0.05, 0) is 44.7 Å². The number of hydrogen-bond donors (Lipinski definition) is 1. The fourth-order valence-corrected chi connectivity index (χ4v) is 3.62. The highest BCUT2D eigenvalue weighted by molar-refractivity contribution is 5.41. The highest BCUT2D eigenvalue weighted by atomic mass is 16.1. The van der Waals surface area contributed by atoms with E-state index in [-0.39, 0.29) is 5.56 Å². The minimum Gasteiger partial charge on any atom is -0.381 e. The molecule has 1 N–H and O–H groups in total. The Bertz CT molecular complexity index is 511. The van der Waals surface area contributed by atoms with E-state index in [1.807, 2.05) is 16.8 Å². The van der Waals surface area contributed by atoms with Crippen LogP contribution >= 0.6 is 0 Å². The lowest BCUT2D eigenvalue weighted by atomic mass is 9.97. The molecule has 4 heteroatoms. The normalized spacial score (nSPS) is 26.4. The Morgan fingerprint density at radius 1 is 1.30 bits per heavy atom. The van der Waals surface area contributed by atoms with Gasteiger partial charge in [0, 0.05) is 37.4 Å². The molecule has 0 spiro atoms. The van der Waals surface area contributed by atoms with Gasteiger partial charge in [-0.15, -0.1) is 0 Å². The molecule has 2 aliphatic rings. The predicted octanol–water partition coefficient (Wildman–Crippen LogP) is 2.30. The van der Waals surface area contributed by atoms with Crippen molar-refractivity contribution in [2.75, 3.05) is 18.4 Å². The van der Waals surface area contributed by atoms with Crippen LogP contribution in [0.2, 0.25) is 0 Å². The second-order valence-corrected chi connectivity index (χ2v) is 6.15. The van der Waals surface area contributed by atoms with Crippen molar-refractivity contribution < 1.29 is 0 Å². The SMILES string of the molecule is CCCn1cc(NC2CCN3CCCC3C2)ccc1=O. The molecule has 2 aliphatic heterocycles. The topological polar surface area (TPSA) is 37.3 Å². The van der Waals surface area contributed by atoms with Crippen LogP contribution in [-0.4, -0.2) is 34.6 Å². The Kier molecular flexibility index (Phi) is 4.10. The molecule has 110 valence electrons. The van der Waals surface area contributed by atoms with E-state index in [9.17, 15) is 4.79 Å². The van der Waals surface area contributed by atoms with Crippen LogP contribution in [0.4, 0.5) is 5.69 Å². The molecule has 0 radical (unpaired) electrons. The van der Waals surface area contributed by atoms with Crippen molar-refractivity contribution in [1.29, 1.82) is 0 Å². The molecule has 0 aliphatic carbocycles. The fraction of sp³-hybridized carbons (Fsp3) is 0.688. The number of hydrogen-bond acceptors (Lipinski definition) is 3. The number of aryl methyl sites for hydroxylation is 1. The second-order valence-electron chi connectivity index (χ2n) is 6.15. The molecule has 0 amide bonds. The maximum atomic E-state index is 11.7. The van der Waals surface area contributed by atoms with Crippen molar-refractivity contribution in [3.05, 3.63) is 28.7 Å². The number of aromatic nitrogens is 1. The van der Waals surface area contributed by atoms with Gasteiger partial charge in [0.15, 0.2) is 0 Å². The molecule has 0 bridgehead atoms. The molecule has 2 saturated heterocycles. The van der Waals surface area contributed by atoms with Gasteiger partial charge in [0.25, 0.3) is 5.56 Å². The summed E-state index contributed by atoms with van der Waals surface area (Å²) in [5.41, 5.74) is 1.19. The molecule has 0 aromatic carbocycles. The molecule has 3 heterocycles. The molecule has 2 atom stereocenters. The Labute approximate surface area is 120 Å². The van der Waals surface area contributed by atoms with Gasteiger partial charge in [0.2, 0.25) is 0 Å². The maximum Gasteiger partial charge on any atom is 0.250 e. The van der Waals surface area contributed by atoms with Gasteiger partial charge in [0.1, 0.15) is 0 Å². The number of pyridine rings is 1. The molecular weight excluding hydrogens is 250 g/mol. The van der Waals surface area contributed by atoms with Crippen molar-refractivity contribution in [2.24, 2.45) is 0 Å². The van der Waals surface area contributed by atoms with Crippen LogP contribution in [0.25, 0.3) is 0 Å². The summed E-state index contributed by atoms with van der Waals surface area (Å²) in [5, 5.41) is 3.63. The van der Waals surface area contributed by atoms with E-state index in [1.54, 1.807) is 6.07 Å². The lowest BCUT2D eigenvalue weighted by Gasteiger charge is -2.35. The van der Waals surface area contributed by atoms with Gasteiger partial charge in [0.05, 0.1) is 5.69 Å². The smallest absolute Gasteiger partial charge is 0.250 e. The molecule has 20 heavy (non-hydrogen) atoms. The zero-order chi connectivity index (χ0) is 13.9. The highest BCUT2D eigenvalue weighted by Crippen LogP contribution is 2.28. The van der Waals surface area contributed by atoms with Gasteiger partial charge in [-0.2, -0.15) is 0 Å². The Hall–Kier alpha value is -1.29. The van der Waals surface area contributed by atoms with Crippen LogP contribution in [0.5, 0.6) is 0 Å². The lowest BCUT2D eigenvalue weighted by Crippen LogP contribution is -2.42. The van der Waals surface area contributed by atoms with Crippen LogP contribution < -0.4 is 10.9 Å². The van der Waals surface area contributed by atoms with Crippen molar-refractivity contribution in [3.8, 4) is 0 Å². The number of anilines is 1. The summed E-state index contributed by atoms with van der Waals surface area (Å²) in [7, 11) is 0. The van der Waals surface area contributed by atoms with Gasteiger partial charge in [-0.3, -0.25) is 4.79 Å². The van der Waals surface area contributed by atoms with Crippen LogP contribution in [0.3, 0.4) is 0 Å². The van der Waals surface area contributed by atoms with E-state index < -0.39 is 0 Å². The van der Waals surface area contributed by atoms with E-state index in [2.05, 4.69) is 17.1 Å². The number of nitrogens with zero attached hydrogens (tertiary/aromatic N) is 2. The monoisotopic (exact) mass is 275 g/mol. The van der Waals surface area contributed by atoms with Crippen molar-refractivity contribution in [1.82, 2.24) is 9.47 Å². The first-order valence-corrected chi connectivity index (χ1v) is 7.97. The van der Waals surface area contributed by atoms with E-state index in [1.165, 1.54) is 38.8 Å². The summed E-state index contributed by atoms with van der Waals surface area (Å²) in [4.78, 5) is 14.4. The summed E-state index contributed by atoms with van der Waals surface area (Å²) >= 11 is 0. The third kappa shape index (κ3) is 2.90. The second kappa shape index (κ2) is 6.00. The first kappa shape index (κ1) is 13.7. The molecule has 2 fully saturated rings. The molecule has 1 aromatic rings. The summed E-state index contributed by atoms with van der Waals surface area (Å²) in [6.07, 6.45) is 8.14. The van der Waals surface area contributed by atoms with Crippen molar-refractivity contribution >= 4 is 5.69 Å². The minimum atomic E-state index is 0.100. The van der Waals surface area contributed by atoms with E-state index in [4.69, 9.17) is 0 Å². The van der Waals surface area contributed by atoms with Gasteiger partial charge in [-0.1, -0.05) is 6.92 Å². The first-order chi connectivity index (χ1) is 9.76. The first-order valence-electron chi connectivity index (χ1n) is 7.97. The van der Waals surface area contributed by atoms with Gasteiger partial charge in [-0.25, -0.2) is 0 Å². The summed E-state index contributed by atoms with van der Waals surface area (Å²) < 4.78 is 1.81. The highest BCUT2D eigenvalue weighted by Gasteiger charge is 2.31. The summed E-state index contributed by atoms with van der Waals surface area (Å²) in [6, 6.07) is 4.95. The van der Waals surface area contributed by atoms with E-state index >= 15 is 0 Å². The number of nitrogens with one attached hydrogen (secondary N) is 1. The van der Waals surface area contributed by atoms with E-state index in [0.717, 1.165) is 24.7 Å². The number of piperidine rings is 1. The maximum absolute atomic E-state index is 11.7. The number of rotatable bonds is 4. The Morgan fingerprint density at radius 3 is 3.05 bits per heavy atom. The van der Waals surface area contributed by atoms with Gasteiger partial charge >= 0.3 is 0 Å². The zero-order valence-corrected chi connectivity index (χ0v) is 12.3. The molecule has 0 saturated carbocycles.